The van der Waals surface area contributed by atoms with Gasteiger partial charge in [-0.1, -0.05) is 18.2 Å². The van der Waals surface area contributed by atoms with E-state index in [0.29, 0.717) is 6.07 Å². The fourth-order valence-corrected chi connectivity index (χ4v) is 2.93. The summed E-state index contributed by atoms with van der Waals surface area (Å²) >= 11 is 3.65. The smallest absolute Gasteiger partial charge is 0.346 e. The summed E-state index contributed by atoms with van der Waals surface area (Å²) in [6.07, 6.45) is 0. The van der Waals surface area contributed by atoms with Crippen molar-refractivity contribution in [1.82, 2.24) is 0 Å². The molecule has 0 aliphatic carbocycles. The first kappa shape index (κ1) is 23.8. The summed E-state index contributed by atoms with van der Waals surface area (Å²) in [5.74, 6) is -0.847. The molecular formula is C15H15N3O9S2. The predicted octanol–water partition coefficient (Wildman–Crippen LogP) is 1.60. The van der Waals surface area contributed by atoms with Crippen molar-refractivity contribution in [3.63, 3.8) is 0 Å². The first-order valence-electron chi connectivity index (χ1n) is 7.51. The zero-order valence-electron chi connectivity index (χ0n) is 14.4. The Morgan fingerprint density at radius 1 is 1.14 bits per heavy atom. The van der Waals surface area contributed by atoms with Crippen LogP contribution in [0, 0.1) is 20.2 Å². The third-order valence-electron chi connectivity index (χ3n) is 3.08. The molecule has 1 unspecified atom stereocenters. The van der Waals surface area contributed by atoms with Crippen LogP contribution < -0.4 is 9.92 Å². The van der Waals surface area contributed by atoms with Gasteiger partial charge in [0.05, 0.1) is 15.9 Å². The molecule has 0 saturated carbocycles. The lowest BCUT2D eigenvalue weighted by Crippen LogP contribution is -2.31. The Kier molecular flexibility index (Phi) is 8.50. The Labute approximate surface area is 169 Å². The maximum atomic E-state index is 12.1. The van der Waals surface area contributed by atoms with Crippen LogP contribution in [0.1, 0.15) is 0 Å². The van der Waals surface area contributed by atoms with Gasteiger partial charge in [0.25, 0.3) is 11.4 Å². The van der Waals surface area contributed by atoms with Gasteiger partial charge in [0.1, 0.15) is 11.8 Å². The molecule has 0 aliphatic heterocycles. The molecule has 156 valence electrons. The molecule has 0 aliphatic rings. The third kappa shape index (κ3) is 7.02. The highest BCUT2D eigenvalue weighted by Gasteiger charge is 2.30. The van der Waals surface area contributed by atoms with Crippen LogP contribution in [0.2, 0.25) is 0 Å². The second-order valence-corrected chi connectivity index (χ2v) is 7.02. The van der Waals surface area contributed by atoms with Gasteiger partial charge in [-0.25, -0.2) is 0 Å². The molecule has 1 atom stereocenters. The van der Waals surface area contributed by atoms with Gasteiger partial charge in [0.15, 0.2) is 4.90 Å². The Morgan fingerprint density at radius 3 is 2.14 bits per heavy atom. The van der Waals surface area contributed by atoms with Crippen LogP contribution >= 0.6 is 12.6 Å². The summed E-state index contributed by atoms with van der Waals surface area (Å²) in [6, 6.07) is 8.77. The Hall–Kier alpha value is -3.23. The highest BCUT2D eigenvalue weighted by molar-refractivity contribution is 7.87. The lowest BCUT2D eigenvalue weighted by Gasteiger charge is -2.07. The van der Waals surface area contributed by atoms with Crippen LogP contribution in [0.4, 0.5) is 11.4 Å². The van der Waals surface area contributed by atoms with Gasteiger partial charge in [0.2, 0.25) is 0 Å². The second kappa shape index (κ2) is 10.4. The summed E-state index contributed by atoms with van der Waals surface area (Å²) in [4.78, 5) is 28.7. The summed E-state index contributed by atoms with van der Waals surface area (Å²) in [7, 11) is -4.50. The number of rotatable bonds is 7. The largest absolute Gasteiger partial charge is 0.480 e. The molecule has 0 spiro atoms. The maximum absolute atomic E-state index is 12.1. The highest BCUT2D eigenvalue weighted by Crippen LogP contribution is 2.30. The van der Waals surface area contributed by atoms with E-state index < -0.39 is 48.2 Å². The molecule has 0 fully saturated rings. The van der Waals surface area contributed by atoms with Crippen molar-refractivity contribution in [1.29, 1.82) is 0 Å². The number of aliphatic carboxylic acids is 1. The predicted molar refractivity (Wildman–Crippen MR) is 103 cm³/mol. The molecule has 0 amide bonds. The van der Waals surface area contributed by atoms with Crippen molar-refractivity contribution in [2.75, 3.05) is 5.75 Å². The van der Waals surface area contributed by atoms with Crippen molar-refractivity contribution in [3.05, 3.63) is 68.8 Å². The van der Waals surface area contributed by atoms with E-state index in [4.69, 9.17) is 15.0 Å². The number of carboxylic acid groups (broad SMARTS) is 1. The van der Waals surface area contributed by atoms with Gasteiger partial charge in [0, 0.05) is 11.8 Å². The fraction of sp³-hybridized carbons (Fsp3) is 0.133. The van der Waals surface area contributed by atoms with Crippen molar-refractivity contribution in [2.24, 2.45) is 5.73 Å². The lowest BCUT2D eigenvalue weighted by atomic mass is 10.3. The number of nitrogens with two attached hydrogens (primary N) is 1. The van der Waals surface area contributed by atoms with Crippen LogP contribution in [0.3, 0.4) is 0 Å². The quantitative estimate of drug-likeness (QED) is 0.244. The number of thiol groups is 1. The number of benzene rings is 2. The molecular weight excluding hydrogens is 430 g/mol. The van der Waals surface area contributed by atoms with E-state index in [0.717, 1.165) is 12.1 Å². The van der Waals surface area contributed by atoms with Gasteiger partial charge >= 0.3 is 16.1 Å². The van der Waals surface area contributed by atoms with Crippen LogP contribution in [-0.2, 0) is 14.9 Å². The van der Waals surface area contributed by atoms with Gasteiger partial charge in [-0.15, -0.1) is 0 Å². The molecule has 2 rings (SSSR count). The van der Waals surface area contributed by atoms with Gasteiger partial charge < -0.3 is 15.0 Å². The number of carboxylic acids is 1. The number of non-ortho nitro benzene ring substituents is 1. The van der Waals surface area contributed by atoms with Crippen molar-refractivity contribution < 1.29 is 32.3 Å². The molecule has 2 aromatic carbocycles. The number of hydrogen-bond donors (Lipinski definition) is 3. The van der Waals surface area contributed by atoms with Gasteiger partial charge in [-0.05, 0) is 18.2 Å². The molecule has 0 radical (unpaired) electrons. The van der Waals surface area contributed by atoms with E-state index in [9.17, 15) is 33.4 Å². The highest BCUT2D eigenvalue weighted by atomic mass is 32.2. The molecule has 0 saturated heterocycles. The molecule has 3 N–H and O–H groups in total. The number of nitro benzene ring substituents is 2. The average Bonchev–Trinajstić information content (AvgIpc) is 2.67. The third-order valence-corrected chi connectivity index (χ3v) is 4.77. The van der Waals surface area contributed by atoms with Crippen molar-refractivity contribution >= 4 is 40.1 Å². The van der Waals surface area contributed by atoms with E-state index >= 15 is 0 Å². The van der Waals surface area contributed by atoms with Crippen molar-refractivity contribution in [2.45, 2.75) is 10.9 Å². The van der Waals surface area contributed by atoms with Gasteiger partial charge in [-0.3, -0.25) is 25.0 Å². The standard InChI is InChI=1S/C12H8N2O7S.C3H7NO2S/c15-13(16)9-6-7-12(11(8-9)14(17)18)22(19,20)21-10-4-2-1-3-5-10;4-2(1-7)3(5)6/h1-8H;2,7H,1,4H2,(H,5,6). The summed E-state index contributed by atoms with van der Waals surface area (Å²) in [6.45, 7) is 0. The molecule has 2 aromatic rings. The van der Waals surface area contributed by atoms with E-state index in [1.165, 1.54) is 24.3 Å². The minimum atomic E-state index is -4.50. The minimum Gasteiger partial charge on any atom is -0.480 e. The van der Waals surface area contributed by atoms with Crippen LogP contribution in [0.25, 0.3) is 0 Å². The van der Waals surface area contributed by atoms with Crippen molar-refractivity contribution in [3.8, 4) is 5.75 Å². The number of carbonyl (C=O) groups is 1. The first-order chi connectivity index (χ1) is 13.5. The monoisotopic (exact) mass is 445 g/mol. The number of hydrogen-bond acceptors (Lipinski definition) is 10. The zero-order valence-corrected chi connectivity index (χ0v) is 16.2. The van der Waals surface area contributed by atoms with Crippen LogP contribution in [0.15, 0.2) is 53.4 Å². The topological polar surface area (TPSA) is 193 Å². The number of nitro groups is 2. The summed E-state index contributed by atoms with van der Waals surface area (Å²) in [5.41, 5.74) is 3.42. The second-order valence-electron chi connectivity index (χ2n) is 5.14. The fourth-order valence-electron chi connectivity index (χ4n) is 1.70. The SMILES string of the molecule is NC(CS)C(=O)O.O=[N+]([O-])c1ccc(S(=O)(=O)Oc2ccccc2)c([N+](=O)[O-])c1. The van der Waals surface area contributed by atoms with E-state index in [1.54, 1.807) is 6.07 Å². The zero-order chi connectivity index (χ0) is 22.2. The number of para-hydroxylation sites is 1. The molecule has 12 nitrogen and oxygen atoms in total. The Bertz CT molecular complexity index is 997. The molecule has 0 heterocycles. The molecule has 14 heteroatoms. The summed E-state index contributed by atoms with van der Waals surface area (Å²) < 4.78 is 29.0. The number of nitrogens with zero attached hydrogens (tertiary/aromatic N) is 2. The first-order valence-corrected chi connectivity index (χ1v) is 9.55. The van der Waals surface area contributed by atoms with E-state index in [1.807, 2.05) is 0 Å². The van der Waals surface area contributed by atoms with Crippen LogP contribution in [0.5, 0.6) is 5.75 Å². The van der Waals surface area contributed by atoms with Crippen LogP contribution in [-0.4, -0.2) is 41.1 Å². The van der Waals surface area contributed by atoms with E-state index in [-0.39, 0.29) is 11.5 Å². The minimum absolute atomic E-state index is 0.0323. The lowest BCUT2D eigenvalue weighted by molar-refractivity contribution is -0.396. The average molecular weight is 445 g/mol. The van der Waals surface area contributed by atoms with E-state index in [2.05, 4.69) is 12.6 Å². The Morgan fingerprint density at radius 2 is 1.72 bits per heavy atom. The molecule has 0 bridgehead atoms. The molecule has 0 aromatic heterocycles. The van der Waals surface area contributed by atoms with Gasteiger partial charge in [-0.2, -0.15) is 21.0 Å². The summed E-state index contributed by atoms with van der Waals surface area (Å²) in [5, 5.41) is 29.6. The normalized spacial score (nSPS) is 11.5. The Balaban J connectivity index is 0.000000516. The maximum Gasteiger partial charge on any atom is 0.346 e. The molecule has 29 heavy (non-hydrogen) atoms.